The van der Waals surface area contributed by atoms with Gasteiger partial charge < -0.3 is 4.98 Å². The number of aromatic nitrogens is 1. The smallest absolute Gasteiger partial charge is 0.139 e. The maximum Gasteiger partial charge on any atom is 0.139 e. The zero-order chi connectivity index (χ0) is 3.86. The molecule has 0 aliphatic carbocycles. The van der Waals surface area contributed by atoms with Gasteiger partial charge >= 0.3 is 0 Å². The van der Waals surface area contributed by atoms with Crippen LogP contribution in [0.15, 0.2) is 0 Å². The lowest BCUT2D eigenvalue weighted by Gasteiger charge is -1.14. The van der Waals surface area contributed by atoms with Crippen molar-refractivity contribution < 1.29 is 0 Å². The van der Waals surface area contributed by atoms with Gasteiger partial charge in [-0.3, -0.25) is 0 Å². The van der Waals surface area contributed by atoms with Crippen LogP contribution in [-0.2, 0) is 0 Å². The third kappa shape index (κ3) is 0.436. The van der Waals surface area contributed by atoms with Crippen molar-refractivity contribution in [2.75, 3.05) is 0 Å². The lowest BCUT2D eigenvalue weighted by molar-refractivity contribution is 1.63. The van der Waals surface area contributed by atoms with Gasteiger partial charge in [0.25, 0.3) is 0 Å². The van der Waals surface area contributed by atoms with Crippen LogP contribution in [-0.4, -0.2) is 4.98 Å². The normalized spacial score (nSPS) is 9.60. The van der Waals surface area contributed by atoms with Gasteiger partial charge in [0.05, 0.1) is 0 Å². The largest absolute Gasteiger partial charge is 0.333 e. The molecule has 0 saturated carbocycles. The highest BCUT2D eigenvalue weighted by molar-refractivity contribution is 7.74. The summed E-state index contributed by atoms with van der Waals surface area (Å²) in [5, 5.41) is 0. The minimum absolute atomic E-state index is 0.736. The minimum Gasteiger partial charge on any atom is -0.333 e. The van der Waals surface area contributed by atoms with Crippen LogP contribution in [0.5, 0.6) is 0 Å². The Bertz CT molecular complexity index is 158. The summed E-state index contributed by atoms with van der Waals surface area (Å²) in [5.74, 6) is 0. The number of hydrogen-bond donors (Lipinski definition) is 1. The molecule has 1 heterocycles. The Morgan fingerprint density at radius 3 is 1.40 bits per heavy atom. The molecule has 1 rings (SSSR count). The standard InChI is InChI=1S/C2HNS2/c4-1-2(5)3-1/h(H,3,4,5). The van der Waals surface area contributed by atoms with E-state index in [0.717, 1.165) is 9.28 Å². The van der Waals surface area contributed by atoms with E-state index < -0.39 is 0 Å². The Morgan fingerprint density at radius 2 is 1.40 bits per heavy atom. The van der Waals surface area contributed by atoms with E-state index in [2.05, 4.69) is 29.4 Å². The van der Waals surface area contributed by atoms with E-state index in [1.165, 1.54) is 0 Å². The molecule has 0 bridgehead atoms. The molecule has 3 heteroatoms. The van der Waals surface area contributed by atoms with E-state index in [0.29, 0.717) is 0 Å². The molecule has 1 nitrogen and oxygen atoms in total. The number of hydrogen-bond acceptors (Lipinski definition) is 2. The van der Waals surface area contributed by atoms with Gasteiger partial charge in [0, 0.05) is 0 Å². The highest BCUT2D eigenvalue weighted by atomic mass is 32.1. The predicted molar refractivity (Wildman–Crippen MR) is 24.8 cm³/mol. The first-order valence-corrected chi connectivity index (χ1v) is 1.97. The summed E-state index contributed by atoms with van der Waals surface area (Å²) < 4.78 is 1.47. The van der Waals surface area contributed by atoms with Crippen molar-refractivity contribution in [3.63, 3.8) is 0 Å². The fourth-order valence-electron chi connectivity index (χ4n) is 0.0719. The first-order chi connectivity index (χ1) is 2.30. The van der Waals surface area contributed by atoms with E-state index in [1.54, 1.807) is 0 Å². The van der Waals surface area contributed by atoms with Gasteiger partial charge in [-0.1, -0.05) is 24.4 Å². The zero-order valence-corrected chi connectivity index (χ0v) is 3.95. The van der Waals surface area contributed by atoms with Gasteiger partial charge in [-0.15, -0.1) is 0 Å². The summed E-state index contributed by atoms with van der Waals surface area (Å²) in [5.41, 5.74) is 0. The highest BCUT2D eigenvalue weighted by Crippen LogP contribution is 1.90. The van der Waals surface area contributed by atoms with Crippen LogP contribution in [0.3, 0.4) is 0 Å². The SMILES string of the molecule is S=c1[nH]c1=S. The molecule has 0 aliphatic rings. The van der Waals surface area contributed by atoms with Crippen molar-refractivity contribution in [2.45, 2.75) is 0 Å². The Hall–Kier alpha value is -0.0200. The molecule has 0 fully saturated rings. The summed E-state index contributed by atoms with van der Waals surface area (Å²) in [7, 11) is 0. The molecule has 1 N–H and O–H groups in total. The van der Waals surface area contributed by atoms with Gasteiger partial charge in [-0.2, -0.15) is 0 Å². The maximum atomic E-state index is 4.52. The van der Waals surface area contributed by atoms with Crippen molar-refractivity contribution in [3.8, 4) is 0 Å². The van der Waals surface area contributed by atoms with Gasteiger partial charge in [0.15, 0.2) is 0 Å². The van der Waals surface area contributed by atoms with Crippen molar-refractivity contribution >= 4 is 24.4 Å². The topological polar surface area (TPSA) is 15.8 Å². The van der Waals surface area contributed by atoms with Gasteiger partial charge in [0.1, 0.15) is 9.28 Å². The van der Waals surface area contributed by atoms with Crippen LogP contribution in [0.4, 0.5) is 0 Å². The molecule has 0 aromatic carbocycles. The Balaban J connectivity index is 3.70. The Morgan fingerprint density at radius 1 is 1.20 bits per heavy atom. The first-order valence-electron chi connectivity index (χ1n) is 1.16. The van der Waals surface area contributed by atoms with Crippen molar-refractivity contribution in [1.82, 2.24) is 4.98 Å². The summed E-state index contributed by atoms with van der Waals surface area (Å²) in [6.45, 7) is 0. The molecule has 26 valence electrons. The second-order valence-electron chi connectivity index (χ2n) is 0.783. The second kappa shape index (κ2) is 0.725. The fourth-order valence-corrected chi connectivity index (χ4v) is 0.341. The predicted octanol–water partition coefficient (Wildman–Crippen LogP) is 1.35. The number of nitrogens with one attached hydrogen (secondary N) is 1. The first kappa shape index (κ1) is 3.18. The van der Waals surface area contributed by atoms with Gasteiger partial charge in [-0.25, -0.2) is 0 Å². The molecule has 0 saturated heterocycles. The van der Waals surface area contributed by atoms with Crippen LogP contribution in [0.25, 0.3) is 0 Å². The van der Waals surface area contributed by atoms with Gasteiger partial charge in [-0.05, 0) is 0 Å². The molecule has 0 radical (unpaired) electrons. The van der Waals surface area contributed by atoms with Crippen molar-refractivity contribution in [1.29, 1.82) is 0 Å². The summed E-state index contributed by atoms with van der Waals surface area (Å²) >= 11 is 9.04. The zero-order valence-electron chi connectivity index (χ0n) is 2.32. The van der Waals surface area contributed by atoms with Gasteiger partial charge in [0.2, 0.25) is 0 Å². The third-order valence-electron chi connectivity index (χ3n) is 0.371. The minimum atomic E-state index is 0.736. The monoisotopic (exact) mass is 103 g/mol. The molecular weight excluding hydrogens is 102 g/mol. The van der Waals surface area contributed by atoms with Crippen LogP contribution >= 0.6 is 24.4 Å². The quantitative estimate of drug-likeness (QED) is 0.499. The lowest BCUT2D eigenvalue weighted by atomic mass is 11.2. The average molecular weight is 103 g/mol. The van der Waals surface area contributed by atoms with E-state index in [1.807, 2.05) is 0 Å². The molecule has 0 aliphatic heterocycles. The molecule has 0 unspecified atom stereocenters. The molecule has 1 aromatic rings. The number of H-pyrrole nitrogens is 1. The molecular formula is C2HNS2. The molecule has 0 atom stereocenters. The molecule has 5 heavy (non-hydrogen) atoms. The van der Waals surface area contributed by atoms with E-state index in [-0.39, 0.29) is 0 Å². The Labute approximate surface area is 39.3 Å². The fraction of sp³-hybridized carbons (Fsp3) is 0. The van der Waals surface area contributed by atoms with Crippen molar-refractivity contribution in [2.24, 2.45) is 0 Å². The second-order valence-corrected chi connectivity index (χ2v) is 1.60. The van der Waals surface area contributed by atoms with E-state index in [4.69, 9.17) is 0 Å². The molecule has 0 spiro atoms. The van der Waals surface area contributed by atoms with Crippen LogP contribution in [0, 0.1) is 9.28 Å². The van der Waals surface area contributed by atoms with E-state index in [9.17, 15) is 0 Å². The highest BCUT2D eigenvalue weighted by Gasteiger charge is 1.84. The van der Waals surface area contributed by atoms with Crippen LogP contribution in [0.2, 0.25) is 0 Å². The third-order valence-corrected chi connectivity index (χ3v) is 1.11. The lowest BCUT2D eigenvalue weighted by Crippen LogP contribution is -1.10. The average Bonchev–Trinajstić information content (AvgIpc) is 1.79. The van der Waals surface area contributed by atoms with E-state index >= 15 is 0 Å². The molecule has 0 amide bonds. The summed E-state index contributed by atoms with van der Waals surface area (Å²) in [4.78, 5) is 2.66. The van der Waals surface area contributed by atoms with Crippen LogP contribution in [0.1, 0.15) is 0 Å². The van der Waals surface area contributed by atoms with Crippen LogP contribution < -0.4 is 0 Å². The summed E-state index contributed by atoms with van der Waals surface area (Å²) in [6.07, 6.45) is 0. The maximum absolute atomic E-state index is 4.52. The molecule has 1 aromatic heterocycles. The summed E-state index contributed by atoms with van der Waals surface area (Å²) in [6, 6.07) is 0. The van der Waals surface area contributed by atoms with Crippen molar-refractivity contribution in [3.05, 3.63) is 9.28 Å². The Kier molecular flexibility index (Phi) is 0.461. The number of rotatable bonds is 0. The number of aromatic amines is 1.